The summed E-state index contributed by atoms with van der Waals surface area (Å²) in [5.41, 5.74) is 3.80. The second kappa shape index (κ2) is 6.01. The first-order valence-electron chi connectivity index (χ1n) is 7.11. The van der Waals surface area contributed by atoms with Crippen LogP contribution in [0.1, 0.15) is 29.7 Å². The van der Waals surface area contributed by atoms with E-state index in [2.05, 4.69) is 46.5 Å². The molecule has 0 saturated heterocycles. The standard InChI is InChI=1S/C16H19N3O/c1-2-12-9-17-16(18-10-12)19-11-15-14-6-4-3-5-13(14)7-8-20-15/h3-6,9-10,15H,2,7-8,11H2,1H3,(H,17,18,19). The molecule has 1 N–H and O–H groups in total. The van der Waals surface area contributed by atoms with Crippen LogP contribution in [0, 0.1) is 0 Å². The Balaban J connectivity index is 1.66. The van der Waals surface area contributed by atoms with E-state index in [1.54, 1.807) is 0 Å². The lowest BCUT2D eigenvalue weighted by atomic mass is 9.98. The third-order valence-electron chi connectivity index (χ3n) is 3.65. The van der Waals surface area contributed by atoms with Gasteiger partial charge in [-0.05, 0) is 29.5 Å². The van der Waals surface area contributed by atoms with Crippen LogP contribution >= 0.6 is 0 Å². The summed E-state index contributed by atoms with van der Waals surface area (Å²) < 4.78 is 5.85. The van der Waals surface area contributed by atoms with Crippen molar-refractivity contribution < 1.29 is 4.74 Å². The highest BCUT2D eigenvalue weighted by Gasteiger charge is 2.20. The fourth-order valence-corrected chi connectivity index (χ4v) is 2.46. The summed E-state index contributed by atoms with van der Waals surface area (Å²) >= 11 is 0. The normalized spacial score (nSPS) is 17.6. The van der Waals surface area contributed by atoms with Gasteiger partial charge in [-0.15, -0.1) is 0 Å². The summed E-state index contributed by atoms with van der Waals surface area (Å²) in [5, 5.41) is 3.26. The number of hydrogen-bond acceptors (Lipinski definition) is 4. The molecule has 0 bridgehead atoms. The number of rotatable bonds is 4. The van der Waals surface area contributed by atoms with Gasteiger partial charge in [0.1, 0.15) is 6.10 Å². The lowest BCUT2D eigenvalue weighted by molar-refractivity contribution is 0.0512. The number of hydrogen-bond donors (Lipinski definition) is 1. The number of fused-ring (bicyclic) bond motifs is 1. The van der Waals surface area contributed by atoms with Crippen LogP contribution < -0.4 is 5.32 Å². The van der Waals surface area contributed by atoms with Crippen molar-refractivity contribution in [1.82, 2.24) is 9.97 Å². The molecule has 2 aromatic rings. The number of aryl methyl sites for hydroxylation is 1. The first-order valence-corrected chi connectivity index (χ1v) is 7.11. The van der Waals surface area contributed by atoms with Gasteiger partial charge in [0, 0.05) is 18.9 Å². The number of nitrogens with one attached hydrogen (secondary N) is 1. The Morgan fingerprint density at radius 1 is 1.25 bits per heavy atom. The second-order valence-electron chi connectivity index (χ2n) is 4.96. The average molecular weight is 269 g/mol. The van der Waals surface area contributed by atoms with Gasteiger partial charge in [-0.2, -0.15) is 0 Å². The Kier molecular flexibility index (Phi) is 3.92. The Labute approximate surface area is 119 Å². The smallest absolute Gasteiger partial charge is 0.222 e. The highest BCUT2D eigenvalue weighted by atomic mass is 16.5. The van der Waals surface area contributed by atoms with Gasteiger partial charge in [0.2, 0.25) is 5.95 Å². The molecule has 2 heterocycles. The van der Waals surface area contributed by atoms with Crippen molar-refractivity contribution in [1.29, 1.82) is 0 Å². The number of nitrogens with zero attached hydrogens (tertiary/aromatic N) is 2. The molecule has 4 nitrogen and oxygen atoms in total. The minimum atomic E-state index is 0.0781. The Bertz CT molecular complexity index is 568. The summed E-state index contributed by atoms with van der Waals surface area (Å²) in [4.78, 5) is 8.62. The third kappa shape index (κ3) is 2.80. The van der Waals surface area contributed by atoms with Crippen LogP contribution in [0.25, 0.3) is 0 Å². The number of anilines is 1. The monoisotopic (exact) mass is 269 g/mol. The summed E-state index contributed by atoms with van der Waals surface area (Å²) in [6.45, 7) is 3.57. The summed E-state index contributed by atoms with van der Waals surface area (Å²) in [7, 11) is 0. The third-order valence-corrected chi connectivity index (χ3v) is 3.65. The average Bonchev–Trinajstić information content (AvgIpc) is 2.53. The number of benzene rings is 1. The maximum absolute atomic E-state index is 5.85. The van der Waals surface area contributed by atoms with Crippen molar-refractivity contribution in [3.63, 3.8) is 0 Å². The van der Waals surface area contributed by atoms with Crippen molar-refractivity contribution in [2.75, 3.05) is 18.5 Å². The van der Waals surface area contributed by atoms with E-state index in [9.17, 15) is 0 Å². The van der Waals surface area contributed by atoms with E-state index in [-0.39, 0.29) is 6.10 Å². The zero-order chi connectivity index (χ0) is 13.8. The molecule has 104 valence electrons. The van der Waals surface area contributed by atoms with Gasteiger partial charge in [0.25, 0.3) is 0 Å². The molecule has 1 atom stereocenters. The van der Waals surface area contributed by atoms with Gasteiger partial charge < -0.3 is 10.1 Å². The molecular formula is C16H19N3O. The predicted molar refractivity (Wildman–Crippen MR) is 78.7 cm³/mol. The van der Waals surface area contributed by atoms with Crippen LogP contribution in [0.5, 0.6) is 0 Å². The van der Waals surface area contributed by atoms with E-state index < -0.39 is 0 Å². The lowest BCUT2D eigenvalue weighted by Crippen LogP contribution is -2.23. The zero-order valence-electron chi connectivity index (χ0n) is 11.7. The molecule has 4 heteroatoms. The van der Waals surface area contributed by atoms with Crippen LogP contribution in [-0.4, -0.2) is 23.1 Å². The minimum absolute atomic E-state index is 0.0781. The molecule has 1 aliphatic heterocycles. The molecule has 1 unspecified atom stereocenters. The SMILES string of the molecule is CCc1cnc(NCC2OCCc3ccccc32)nc1. The molecule has 1 aromatic heterocycles. The van der Waals surface area contributed by atoms with Crippen LogP contribution in [-0.2, 0) is 17.6 Å². The van der Waals surface area contributed by atoms with Gasteiger partial charge in [-0.25, -0.2) is 9.97 Å². The Morgan fingerprint density at radius 3 is 2.85 bits per heavy atom. The van der Waals surface area contributed by atoms with Gasteiger partial charge >= 0.3 is 0 Å². The van der Waals surface area contributed by atoms with Gasteiger partial charge in [0.15, 0.2) is 0 Å². The van der Waals surface area contributed by atoms with E-state index in [1.165, 1.54) is 11.1 Å². The molecule has 3 rings (SSSR count). The molecule has 1 aromatic carbocycles. The first-order chi connectivity index (χ1) is 9.86. The van der Waals surface area contributed by atoms with Crippen molar-refractivity contribution in [2.45, 2.75) is 25.9 Å². The summed E-state index contributed by atoms with van der Waals surface area (Å²) in [6.07, 6.45) is 5.76. The van der Waals surface area contributed by atoms with Gasteiger partial charge in [-0.1, -0.05) is 31.2 Å². The highest BCUT2D eigenvalue weighted by molar-refractivity contribution is 5.33. The van der Waals surface area contributed by atoms with E-state index in [1.807, 2.05) is 12.4 Å². The van der Waals surface area contributed by atoms with Crippen molar-refractivity contribution >= 4 is 5.95 Å². The lowest BCUT2D eigenvalue weighted by Gasteiger charge is -2.26. The van der Waals surface area contributed by atoms with Gasteiger partial charge in [0.05, 0.1) is 6.61 Å². The molecule has 1 aliphatic rings. The topological polar surface area (TPSA) is 47.0 Å². The van der Waals surface area contributed by atoms with Crippen LogP contribution in [0.2, 0.25) is 0 Å². The van der Waals surface area contributed by atoms with Crippen molar-refractivity contribution in [3.05, 3.63) is 53.3 Å². The largest absolute Gasteiger partial charge is 0.371 e. The molecule has 20 heavy (non-hydrogen) atoms. The van der Waals surface area contributed by atoms with Gasteiger partial charge in [-0.3, -0.25) is 0 Å². The van der Waals surface area contributed by atoms with Crippen LogP contribution in [0.15, 0.2) is 36.7 Å². The van der Waals surface area contributed by atoms with Crippen LogP contribution in [0.3, 0.4) is 0 Å². The second-order valence-corrected chi connectivity index (χ2v) is 4.96. The molecule has 0 radical (unpaired) electrons. The molecule has 0 spiro atoms. The quantitative estimate of drug-likeness (QED) is 0.927. The number of ether oxygens (including phenoxy) is 1. The zero-order valence-corrected chi connectivity index (χ0v) is 11.7. The van der Waals surface area contributed by atoms with E-state index in [0.717, 1.165) is 25.0 Å². The van der Waals surface area contributed by atoms with E-state index >= 15 is 0 Å². The Hall–Kier alpha value is -1.94. The van der Waals surface area contributed by atoms with E-state index in [0.29, 0.717) is 12.5 Å². The maximum atomic E-state index is 5.85. The predicted octanol–water partition coefficient (Wildman–Crippen LogP) is 2.76. The minimum Gasteiger partial charge on any atom is -0.371 e. The number of aromatic nitrogens is 2. The highest BCUT2D eigenvalue weighted by Crippen LogP contribution is 2.26. The molecule has 0 fully saturated rings. The molecular weight excluding hydrogens is 250 g/mol. The van der Waals surface area contributed by atoms with Crippen molar-refractivity contribution in [3.8, 4) is 0 Å². The van der Waals surface area contributed by atoms with Crippen LogP contribution in [0.4, 0.5) is 5.95 Å². The molecule has 0 aliphatic carbocycles. The fourth-order valence-electron chi connectivity index (χ4n) is 2.46. The summed E-state index contributed by atoms with van der Waals surface area (Å²) in [6, 6.07) is 8.47. The molecule has 0 amide bonds. The first kappa shape index (κ1) is 13.1. The maximum Gasteiger partial charge on any atom is 0.222 e. The Morgan fingerprint density at radius 2 is 2.05 bits per heavy atom. The molecule has 0 saturated carbocycles. The van der Waals surface area contributed by atoms with E-state index in [4.69, 9.17) is 4.74 Å². The fraction of sp³-hybridized carbons (Fsp3) is 0.375. The van der Waals surface area contributed by atoms with Crippen molar-refractivity contribution in [2.24, 2.45) is 0 Å². The summed E-state index contributed by atoms with van der Waals surface area (Å²) in [5.74, 6) is 0.661.